The third kappa shape index (κ3) is 4.38. The van der Waals surface area contributed by atoms with Gasteiger partial charge in [-0.1, -0.05) is 12.1 Å². The number of hydrogen-bond donors (Lipinski definition) is 0. The molecule has 1 fully saturated rings. The Hall–Kier alpha value is -3.95. The smallest absolute Gasteiger partial charge is 0.276 e. The molecule has 3 aromatic heterocycles. The average molecular weight is 495 g/mol. The van der Waals surface area contributed by atoms with Gasteiger partial charge in [-0.25, -0.2) is 18.2 Å². The van der Waals surface area contributed by atoms with Crippen LogP contribution < -0.4 is 15.4 Å². The van der Waals surface area contributed by atoms with Gasteiger partial charge in [0.25, 0.3) is 12.0 Å². The summed E-state index contributed by atoms with van der Waals surface area (Å²) >= 11 is 0. The van der Waals surface area contributed by atoms with Gasteiger partial charge in [0.05, 0.1) is 23.6 Å². The number of fused-ring (bicyclic) bond motifs is 1. The second kappa shape index (κ2) is 9.60. The molecule has 36 heavy (non-hydrogen) atoms. The molecule has 5 rings (SSSR count). The number of benzene rings is 1. The topological polar surface area (TPSA) is 67.2 Å². The molecule has 0 N–H and O–H groups in total. The third-order valence-electron chi connectivity index (χ3n) is 6.49. The predicted molar refractivity (Wildman–Crippen MR) is 132 cm³/mol. The molecule has 0 atom stereocenters. The van der Waals surface area contributed by atoms with Crippen molar-refractivity contribution in [3.8, 4) is 0 Å². The molecule has 4 heterocycles. The molecule has 1 aromatic carbocycles. The van der Waals surface area contributed by atoms with Gasteiger partial charge < -0.3 is 9.80 Å². The quantitative estimate of drug-likeness (QED) is 0.413. The van der Waals surface area contributed by atoms with Crippen LogP contribution in [0.1, 0.15) is 28.9 Å². The first-order valence-corrected chi connectivity index (χ1v) is 11.7. The van der Waals surface area contributed by atoms with Crippen LogP contribution in [0.2, 0.25) is 0 Å². The zero-order chi connectivity index (χ0) is 25.4. The van der Waals surface area contributed by atoms with Crippen LogP contribution >= 0.6 is 0 Å². The number of aryl methyl sites for hydroxylation is 2. The number of anilines is 2. The minimum atomic E-state index is -2.72. The van der Waals surface area contributed by atoms with E-state index in [0.29, 0.717) is 54.4 Å². The second-order valence-electron chi connectivity index (χ2n) is 8.86. The standard InChI is InChI=1S/C26H25F3N6O/c1-16-5-3-7-19(27)23(16)34-11-9-33(10-12-34)22-13-20-25(32-17(2)14-31-20)35(26(22)36)15-21-18(24(28)29)6-4-8-30-21/h3-8,13-14,24H,9-12,15H2,1-2H3. The minimum Gasteiger partial charge on any atom is -0.365 e. The van der Waals surface area contributed by atoms with Gasteiger partial charge in [0.2, 0.25) is 0 Å². The molecule has 0 aliphatic carbocycles. The summed E-state index contributed by atoms with van der Waals surface area (Å²) in [4.78, 5) is 30.7. The van der Waals surface area contributed by atoms with Gasteiger partial charge >= 0.3 is 0 Å². The first-order valence-electron chi connectivity index (χ1n) is 11.7. The van der Waals surface area contributed by atoms with Gasteiger partial charge in [0.15, 0.2) is 5.65 Å². The highest BCUT2D eigenvalue weighted by Gasteiger charge is 2.25. The van der Waals surface area contributed by atoms with E-state index >= 15 is 0 Å². The summed E-state index contributed by atoms with van der Waals surface area (Å²) in [6.45, 7) is 5.49. The molecule has 0 amide bonds. The lowest BCUT2D eigenvalue weighted by Crippen LogP contribution is -2.49. The van der Waals surface area contributed by atoms with Crippen molar-refractivity contribution in [2.45, 2.75) is 26.8 Å². The fourth-order valence-electron chi connectivity index (χ4n) is 4.70. The van der Waals surface area contributed by atoms with E-state index in [0.717, 1.165) is 5.56 Å². The second-order valence-corrected chi connectivity index (χ2v) is 8.86. The summed E-state index contributed by atoms with van der Waals surface area (Å²) in [6, 6.07) is 9.46. The number of pyridine rings is 2. The molecule has 0 unspecified atom stereocenters. The van der Waals surface area contributed by atoms with E-state index in [1.165, 1.54) is 29.0 Å². The van der Waals surface area contributed by atoms with Crippen molar-refractivity contribution >= 4 is 22.5 Å². The highest BCUT2D eigenvalue weighted by atomic mass is 19.3. The maximum absolute atomic E-state index is 14.5. The van der Waals surface area contributed by atoms with Crippen LogP contribution in [-0.4, -0.2) is 45.7 Å². The van der Waals surface area contributed by atoms with E-state index in [1.54, 1.807) is 25.3 Å². The fourth-order valence-corrected chi connectivity index (χ4v) is 4.70. The van der Waals surface area contributed by atoms with Gasteiger partial charge in [0.1, 0.15) is 17.0 Å². The molecule has 1 saturated heterocycles. The van der Waals surface area contributed by atoms with E-state index in [-0.39, 0.29) is 29.2 Å². The van der Waals surface area contributed by atoms with Crippen LogP contribution in [0.3, 0.4) is 0 Å². The molecule has 186 valence electrons. The Kier molecular flexibility index (Phi) is 6.34. The monoisotopic (exact) mass is 494 g/mol. The van der Waals surface area contributed by atoms with E-state index in [4.69, 9.17) is 0 Å². The van der Waals surface area contributed by atoms with Crippen LogP contribution in [-0.2, 0) is 6.54 Å². The summed E-state index contributed by atoms with van der Waals surface area (Å²) in [7, 11) is 0. The Labute approximate surface area is 205 Å². The van der Waals surface area contributed by atoms with E-state index < -0.39 is 6.43 Å². The number of halogens is 3. The summed E-state index contributed by atoms with van der Waals surface area (Å²) in [5.74, 6) is -0.271. The lowest BCUT2D eigenvalue weighted by Gasteiger charge is -2.37. The normalized spacial score (nSPS) is 14.2. The van der Waals surface area contributed by atoms with Crippen LogP contribution in [0.5, 0.6) is 0 Å². The van der Waals surface area contributed by atoms with Crippen LogP contribution in [0.25, 0.3) is 11.2 Å². The molecule has 7 nitrogen and oxygen atoms in total. The van der Waals surface area contributed by atoms with Gasteiger partial charge in [-0.3, -0.25) is 19.3 Å². The SMILES string of the molecule is Cc1cnc2cc(N3CCN(c4c(C)cccc4F)CC3)c(=O)n(Cc3ncccc3C(F)F)c2n1. The summed E-state index contributed by atoms with van der Waals surface area (Å²) in [6.07, 6.45) is 0.311. The van der Waals surface area contributed by atoms with Crippen molar-refractivity contribution in [1.29, 1.82) is 0 Å². The third-order valence-corrected chi connectivity index (χ3v) is 6.49. The number of nitrogens with zero attached hydrogens (tertiary/aromatic N) is 6. The van der Waals surface area contributed by atoms with Crippen molar-refractivity contribution in [3.63, 3.8) is 0 Å². The van der Waals surface area contributed by atoms with Gasteiger partial charge in [0, 0.05) is 44.1 Å². The molecular formula is C26H25F3N6O. The lowest BCUT2D eigenvalue weighted by molar-refractivity contribution is 0.149. The largest absolute Gasteiger partial charge is 0.365 e. The molecule has 4 aromatic rings. The minimum absolute atomic E-state index is 0.108. The van der Waals surface area contributed by atoms with Crippen LogP contribution in [0.15, 0.2) is 53.6 Å². The molecule has 1 aliphatic heterocycles. The highest BCUT2D eigenvalue weighted by molar-refractivity contribution is 5.75. The number of para-hydroxylation sites is 1. The molecular weight excluding hydrogens is 469 g/mol. The number of hydrogen-bond acceptors (Lipinski definition) is 6. The fraction of sp³-hybridized carbons (Fsp3) is 0.308. The van der Waals surface area contributed by atoms with Crippen molar-refractivity contribution in [2.75, 3.05) is 36.0 Å². The van der Waals surface area contributed by atoms with Crippen molar-refractivity contribution < 1.29 is 13.2 Å². The average Bonchev–Trinajstić information content (AvgIpc) is 2.86. The van der Waals surface area contributed by atoms with Gasteiger partial charge in [-0.05, 0) is 43.7 Å². The Morgan fingerprint density at radius 3 is 2.47 bits per heavy atom. The van der Waals surface area contributed by atoms with Crippen LogP contribution in [0.4, 0.5) is 24.5 Å². The number of rotatable bonds is 5. The maximum Gasteiger partial charge on any atom is 0.276 e. The molecule has 0 spiro atoms. The zero-order valence-electron chi connectivity index (χ0n) is 20.0. The number of alkyl halides is 2. The summed E-state index contributed by atoms with van der Waals surface area (Å²) in [5.41, 5.74) is 2.76. The molecule has 0 radical (unpaired) electrons. The van der Waals surface area contributed by atoms with Crippen molar-refractivity contribution in [3.05, 3.63) is 87.5 Å². The first kappa shape index (κ1) is 23.8. The Morgan fingerprint density at radius 2 is 1.75 bits per heavy atom. The van der Waals surface area contributed by atoms with E-state index in [2.05, 4.69) is 15.0 Å². The Balaban J connectivity index is 1.52. The summed E-state index contributed by atoms with van der Waals surface area (Å²) < 4.78 is 43.1. The Morgan fingerprint density at radius 1 is 1.00 bits per heavy atom. The lowest BCUT2D eigenvalue weighted by atomic mass is 10.1. The van der Waals surface area contributed by atoms with Gasteiger partial charge in [-0.15, -0.1) is 0 Å². The molecule has 0 bridgehead atoms. The number of piperazine rings is 1. The first-order chi connectivity index (χ1) is 17.3. The van der Waals surface area contributed by atoms with Crippen molar-refractivity contribution in [1.82, 2.24) is 19.5 Å². The van der Waals surface area contributed by atoms with Crippen LogP contribution in [0, 0.1) is 19.7 Å². The molecule has 1 aliphatic rings. The van der Waals surface area contributed by atoms with Crippen molar-refractivity contribution in [2.24, 2.45) is 0 Å². The Bertz CT molecular complexity index is 1460. The summed E-state index contributed by atoms with van der Waals surface area (Å²) in [5, 5.41) is 0. The van der Waals surface area contributed by atoms with Gasteiger partial charge in [-0.2, -0.15) is 0 Å². The maximum atomic E-state index is 14.5. The molecule has 0 saturated carbocycles. The highest BCUT2D eigenvalue weighted by Crippen LogP contribution is 2.27. The number of aromatic nitrogens is 4. The van der Waals surface area contributed by atoms with E-state index in [9.17, 15) is 18.0 Å². The van der Waals surface area contributed by atoms with E-state index in [1.807, 2.05) is 22.8 Å². The predicted octanol–water partition coefficient (Wildman–Crippen LogP) is 4.25. The molecule has 10 heteroatoms. The zero-order valence-corrected chi connectivity index (χ0v) is 20.0.